The summed E-state index contributed by atoms with van der Waals surface area (Å²) in [7, 11) is 0. The van der Waals surface area contributed by atoms with Gasteiger partial charge in [0.05, 0.1) is 11.2 Å². The topological polar surface area (TPSA) is 41.1 Å². The van der Waals surface area contributed by atoms with Crippen molar-refractivity contribution < 1.29 is 0 Å². The molecule has 0 atom stereocenters. The maximum atomic E-state index is 4.53. The molecule has 1 saturated heterocycles. The largest absolute Gasteiger partial charge is 0.369 e. The molecule has 0 saturated carbocycles. The fourth-order valence-corrected chi connectivity index (χ4v) is 3.18. The summed E-state index contributed by atoms with van der Waals surface area (Å²) >= 11 is 0. The number of fused-ring (bicyclic) bond motifs is 1. The lowest BCUT2D eigenvalue weighted by atomic mass is 10.0. The minimum absolute atomic E-state index is 0.955. The van der Waals surface area contributed by atoms with Gasteiger partial charge in [-0.25, -0.2) is 9.97 Å². The Labute approximate surface area is 141 Å². The van der Waals surface area contributed by atoms with E-state index in [1.54, 1.807) is 6.33 Å². The molecule has 1 fully saturated rings. The first-order chi connectivity index (χ1) is 11.8. The maximum Gasteiger partial charge on any atom is 0.116 e. The van der Waals surface area contributed by atoms with E-state index in [1.165, 1.54) is 5.69 Å². The lowest BCUT2D eigenvalue weighted by molar-refractivity contribution is 0.589. The molecule has 0 radical (unpaired) electrons. The van der Waals surface area contributed by atoms with Gasteiger partial charge in [-0.3, -0.25) is 0 Å². The molecule has 0 bridgehead atoms. The van der Waals surface area contributed by atoms with Crippen LogP contribution in [0.1, 0.15) is 5.56 Å². The van der Waals surface area contributed by atoms with Gasteiger partial charge >= 0.3 is 0 Å². The van der Waals surface area contributed by atoms with Crippen LogP contribution in [-0.2, 0) is 0 Å². The summed E-state index contributed by atoms with van der Waals surface area (Å²) in [5.41, 5.74) is 5.39. The number of piperazine rings is 1. The first-order valence-corrected chi connectivity index (χ1v) is 8.28. The van der Waals surface area contributed by atoms with Crippen molar-refractivity contribution in [2.75, 3.05) is 31.1 Å². The fourth-order valence-electron chi connectivity index (χ4n) is 3.18. The first kappa shape index (κ1) is 14.8. The first-order valence-electron chi connectivity index (χ1n) is 8.28. The Morgan fingerprint density at radius 2 is 1.79 bits per heavy atom. The van der Waals surface area contributed by atoms with Crippen LogP contribution >= 0.6 is 0 Å². The third kappa shape index (κ3) is 2.76. The van der Waals surface area contributed by atoms with Crippen LogP contribution in [0.15, 0.2) is 55.4 Å². The van der Waals surface area contributed by atoms with E-state index in [0.717, 1.165) is 53.9 Å². The molecule has 0 unspecified atom stereocenters. The van der Waals surface area contributed by atoms with Gasteiger partial charge in [-0.2, -0.15) is 0 Å². The van der Waals surface area contributed by atoms with Crippen molar-refractivity contribution in [1.82, 2.24) is 15.3 Å². The Bertz CT molecular complexity index is 864. The van der Waals surface area contributed by atoms with Crippen molar-refractivity contribution in [2.45, 2.75) is 0 Å². The Kier molecular flexibility index (Phi) is 3.97. The molecule has 0 spiro atoms. The Hall–Kier alpha value is -2.72. The highest BCUT2D eigenvalue weighted by Crippen LogP contribution is 2.28. The standard InChI is InChI=1S/C20H20N4/c1-2-15-3-8-19-18(13-15)20(23-14-22-19)16-4-6-17(7-5-16)24-11-9-21-10-12-24/h2-8,13-14,21H,1,9-12H2. The molecule has 0 aliphatic carbocycles. The zero-order chi connectivity index (χ0) is 16.4. The van der Waals surface area contributed by atoms with Gasteiger partial charge in [0.1, 0.15) is 6.33 Å². The number of nitrogens with zero attached hydrogens (tertiary/aromatic N) is 3. The normalized spacial score (nSPS) is 14.8. The molecule has 1 aliphatic rings. The highest BCUT2D eigenvalue weighted by atomic mass is 15.2. The fraction of sp³-hybridized carbons (Fsp3) is 0.200. The van der Waals surface area contributed by atoms with Crippen LogP contribution in [0.25, 0.3) is 28.2 Å². The summed E-state index contributed by atoms with van der Waals surface area (Å²) in [6.45, 7) is 8.05. The highest BCUT2D eigenvalue weighted by Gasteiger charge is 2.11. The van der Waals surface area contributed by atoms with E-state index in [0.29, 0.717) is 0 Å². The molecular formula is C20H20N4. The number of anilines is 1. The third-order valence-corrected chi connectivity index (χ3v) is 4.52. The average molecular weight is 316 g/mol. The maximum absolute atomic E-state index is 4.53. The van der Waals surface area contributed by atoms with E-state index < -0.39 is 0 Å². The SMILES string of the molecule is C=Cc1ccc2ncnc(-c3ccc(N4CCNCC4)cc3)c2c1. The molecule has 4 heteroatoms. The molecular weight excluding hydrogens is 296 g/mol. The van der Waals surface area contributed by atoms with Crippen molar-refractivity contribution in [3.05, 3.63) is 60.9 Å². The number of rotatable bonds is 3. The van der Waals surface area contributed by atoms with E-state index in [-0.39, 0.29) is 0 Å². The number of hydrogen-bond donors (Lipinski definition) is 1. The van der Waals surface area contributed by atoms with Gasteiger partial charge in [0.15, 0.2) is 0 Å². The number of benzene rings is 2. The van der Waals surface area contributed by atoms with Crippen LogP contribution in [0.2, 0.25) is 0 Å². The molecule has 0 amide bonds. The van der Waals surface area contributed by atoms with E-state index in [2.05, 4.69) is 57.1 Å². The summed E-state index contributed by atoms with van der Waals surface area (Å²) in [6.07, 6.45) is 3.49. The van der Waals surface area contributed by atoms with E-state index in [1.807, 2.05) is 18.2 Å². The van der Waals surface area contributed by atoms with Crippen LogP contribution < -0.4 is 10.2 Å². The predicted octanol–water partition coefficient (Wildman–Crippen LogP) is 3.35. The smallest absolute Gasteiger partial charge is 0.116 e. The van der Waals surface area contributed by atoms with Gasteiger partial charge in [0.25, 0.3) is 0 Å². The summed E-state index contributed by atoms with van der Waals surface area (Å²) in [4.78, 5) is 11.3. The summed E-state index contributed by atoms with van der Waals surface area (Å²) < 4.78 is 0. The Morgan fingerprint density at radius 3 is 2.54 bits per heavy atom. The molecule has 120 valence electrons. The Balaban J connectivity index is 1.73. The monoisotopic (exact) mass is 316 g/mol. The van der Waals surface area contributed by atoms with Crippen molar-refractivity contribution in [2.24, 2.45) is 0 Å². The van der Waals surface area contributed by atoms with Crippen molar-refractivity contribution in [3.63, 3.8) is 0 Å². The lowest BCUT2D eigenvalue weighted by Crippen LogP contribution is -2.43. The number of hydrogen-bond acceptors (Lipinski definition) is 4. The molecule has 1 N–H and O–H groups in total. The molecule has 24 heavy (non-hydrogen) atoms. The van der Waals surface area contributed by atoms with Crippen LogP contribution in [-0.4, -0.2) is 36.1 Å². The molecule has 2 aromatic carbocycles. The third-order valence-electron chi connectivity index (χ3n) is 4.52. The van der Waals surface area contributed by atoms with Crippen LogP contribution in [0.5, 0.6) is 0 Å². The lowest BCUT2D eigenvalue weighted by Gasteiger charge is -2.29. The number of nitrogens with one attached hydrogen (secondary N) is 1. The molecule has 4 rings (SSSR count). The molecule has 1 aliphatic heterocycles. The molecule has 1 aromatic heterocycles. The van der Waals surface area contributed by atoms with Gasteiger partial charge in [-0.05, 0) is 29.8 Å². The van der Waals surface area contributed by atoms with Crippen molar-refractivity contribution in [3.8, 4) is 11.3 Å². The quantitative estimate of drug-likeness (QED) is 0.804. The minimum Gasteiger partial charge on any atom is -0.369 e. The van der Waals surface area contributed by atoms with Gasteiger partial charge in [0, 0.05) is 42.8 Å². The van der Waals surface area contributed by atoms with Gasteiger partial charge < -0.3 is 10.2 Å². The van der Waals surface area contributed by atoms with E-state index >= 15 is 0 Å². The molecule has 2 heterocycles. The number of aromatic nitrogens is 2. The van der Waals surface area contributed by atoms with Gasteiger partial charge in [-0.15, -0.1) is 0 Å². The van der Waals surface area contributed by atoms with Gasteiger partial charge in [0.2, 0.25) is 0 Å². The summed E-state index contributed by atoms with van der Waals surface area (Å²) in [6, 6.07) is 14.8. The van der Waals surface area contributed by atoms with Crippen LogP contribution in [0.3, 0.4) is 0 Å². The van der Waals surface area contributed by atoms with Crippen molar-refractivity contribution >= 4 is 22.7 Å². The van der Waals surface area contributed by atoms with Crippen LogP contribution in [0.4, 0.5) is 5.69 Å². The zero-order valence-corrected chi connectivity index (χ0v) is 13.6. The van der Waals surface area contributed by atoms with Crippen LogP contribution in [0, 0.1) is 0 Å². The second kappa shape index (κ2) is 6.42. The highest BCUT2D eigenvalue weighted by molar-refractivity contribution is 5.93. The van der Waals surface area contributed by atoms with Gasteiger partial charge in [-0.1, -0.05) is 30.9 Å². The van der Waals surface area contributed by atoms with E-state index in [4.69, 9.17) is 0 Å². The van der Waals surface area contributed by atoms with Crippen molar-refractivity contribution in [1.29, 1.82) is 0 Å². The molecule has 3 aromatic rings. The second-order valence-corrected chi connectivity index (χ2v) is 5.99. The summed E-state index contributed by atoms with van der Waals surface area (Å²) in [5, 5.41) is 4.45. The van der Waals surface area contributed by atoms with E-state index in [9.17, 15) is 0 Å². The predicted molar refractivity (Wildman–Crippen MR) is 100 cm³/mol. The minimum atomic E-state index is 0.955. The average Bonchev–Trinajstić information content (AvgIpc) is 2.68. The second-order valence-electron chi connectivity index (χ2n) is 5.99. The molecule has 4 nitrogen and oxygen atoms in total. The summed E-state index contributed by atoms with van der Waals surface area (Å²) in [5.74, 6) is 0. The zero-order valence-electron chi connectivity index (χ0n) is 13.6. The Morgan fingerprint density at radius 1 is 1.00 bits per heavy atom.